The summed E-state index contributed by atoms with van der Waals surface area (Å²) in [4.78, 5) is 0. The van der Waals surface area contributed by atoms with Crippen molar-refractivity contribution in [2.24, 2.45) is 0 Å². The summed E-state index contributed by atoms with van der Waals surface area (Å²) in [6.45, 7) is 7.11. The molecule has 0 amide bonds. The first-order valence-electron chi connectivity index (χ1n) is 4.86. The van der Waals surface area contributed by atoms with E-state index in [0.29, 0.717) is 0 Å². The number of allylic oxidation sites excluding steroid dienone is 2. The fourth-order valence-electron chi connectivity index (χ4n) is 1.53. The second kappa shape index (κ2) is 5.04. The highest BCUT2D eigenvalue weighted by molar-refractivity contribution is 7.72. The molecular formula is C12H15O3P. The van der Waals surface area contributed by atoms with Crippen LogP contribution in [0.5, 0.6) is 11.5 Å². The number of rotatable bonds is 5. The zero-order valence-corrected chi connectivity index (χ0v) is 9.86. The van der Waals surface area contributed by atoms with Crippen molar-refractivity contribution in [1.82, 2.24) is 0 Å². The van der Waals surface area contributed by atoms with Gasteiger partial charge in [0.2, 0.25) is 0 Å². The maximum atomic E-state index is 12.6. The Morgan fingerprint density at radius 1 is 1.19 bits per heavy atom. The molecule has 0 aliphatic carbocycles. The maximum absolute atomic E-state index is 12.6. The summed E-state index contributed by atoms with van der Waals surface area (Å²) < 4.78 is 12.6. The van der Waals surface area contributed by atoms with Gasteiger partial charge in [0.05, 0.1) is 5.30 Å². The lowest BCUT2D eigenvalue weighted by molar-refractivity contribution is 0.463. The Morgan fingerprint density at radius 3 is 2.25 bits per heavy atom. The van der Waals surface area contributed by atoms with Gasteiger partial charge < -0.3 is 14.8 Å². The van der Waals surface area contributed by atoms with Crippen LogP contribution >= 0.6 is 7.14 Å². The molecule has 2 N–H and O–H groups in total. The lowest BCUT2D eigenvalue weighted by Crippen LogP contribution is -2.09. The lowest BCUT2D eigenvalue weighted by Gasteiger charge is -2.16. The van der Waals surface area contributed by atoms with Crippen molar-refractivity contribution in [2.45, 2.75) is 0 Å². The molecule has 16 heavy (non-hydrogen) atoms. The van der Waals surface area contributed by atoms with Gasteiger partial charge in [-0.25, -0.2) is 0 Å². The smallest absolute Gasteiger partial charge is 0.126 e. The summed E-state index contributed by atoms with van der Waals surface area (Å²) in [7, 11) is -2.78. The summed E-state index contributed by atoms with van der Waals surface area (Å²) in [5, 5.41) is 19.3. The van der Waals surface area contributed by atoms with E-state index < -0.39 is 7.14 Å². The first kappa shape index (κ1) is 12.6. The SMILES string of the molecule is C=CCP(=O)(CC=C)c1cc(O)ccc1O. The second-order valence-corrected chi connectivity index (χ2v) is 6.50. The largest absolute Gasteiger partial charge is 0.508 e. The van der Waals surface area contributed by atoms with Crippen LogP contribution < -0.4 is 5.30 Å². The van der Waals surface area contributed by atoms with E-state index in [9.17, 15) is 14.8 Å². The molecule has 0 saturated heterocycles. The van der Waals surface area contributed by atoms with Gasteiger partial charge in [-0.3, -0.25) is 0 Å². The second-order valence-electron chi connectivity index (χ2n) is 3.50. The van der Waals surface area contributed by atoms with Crippen molar-refractivity contribution < 1.29 is 14.8 Å². The molecule has 0 aliphatic heterocycles. The number of hydrogen-bond acceptors (Lipinski definition) is 3. The number of hydrogen-bond donors (Lipinski definition) is 2. The molecule has 0 unspecified atom stereocenters. The van der Waals surface area contributed by atoms with E-state index in [1.807, 2.05) is 0 Å². The predicted octanol–water partition coefficient (Wildman–Crippen LogP) is 2.46. The van der Waals surface area contributed by atoms with Gasteiger partial charge in [0, 0.05) is 12.3 Å². The van der Waals surface area contributed by atoms with E-state index in [0.717, 1.165) is 0 Å². The molecule has 0 heterocycles. The molecule has 0 saturated carbocycles. The minimum Gasteiger partial charge on any atom is -0.508 e. The fourth-order valence-corrected chi connectivity index (χ4v) is 3.76. The topological polar surface area (TPSA) is 57.5 Å². The maximum Gasteiger partial charge on any atom is 0.126 e. The van der Waals surface area contributed by atoms with Gasteiger partial charge in [0.1, 0.15) is 18.6 Å². The Bertz CT molecular complexity index is 438. The highest BCUT2D eigenvalue weighted by Crippen LogP contribution is 2.47. The quantitative estimate of drug-likeness (QED) is 0.470. The van der Waals surface area contributed by atoms with Crippen molar-refractivity contribution in [3.8, 4) is 11.5 Å². The van der Waals surface area contributed by atoms with Gasteiger partial charge in [-0.2, -0.15) is 0 Å². The molecular weight excluding hydrogens is 223 g/mol. The molecule has 0 spiro atoms. The average molecular weight is 238 g/mol. The highest BCUT2D eigenvalue weighted by Gasteiger charge is 2.25. The zero-order valence-electron chi connectivity index (χ0n) is 8.97. The average Bonchev–Trinajstić information content (AvgIpc) is 2.22. The first-order chi connectivity index (χ1) is 7.53. The molecule has 1 rings (SSSR count). The molecule has 1 aromatic rings. The van der Waals surface area contributed by atoms with Crippen LogP contribution in [0.1, 0.15) is 0 Å². The summed E-state index contributed by atoms with van der Waals surface area (Å²) in [5.74, 6) is -0.0778. The van der Waals surface area contributed by atoms with Crippen LogP contribution in [0, 0.1) is 0 Å². The third kappa shape index (κ3) is 2.56. The molecule has 4 heteroatoms. The first-order valence-corrected chi connectivity index (χ1v) is 6.93. The molecule has 0 fully saturated rings. The molecule has 86 valence electrons. The summed E-state index contributed by atoms with van der Waals surface area (Å²) in [6, 6.07) is 4.03. The van der Waals surface area contributed by atoms with Gasteiger partial charge in [-0.1, -0.05) is 12.2 Å². The van der Waals surface area contributed by atoms with Gasteiger partial charge >= 0.3 is 0 Å². The van der Waals surface area contributed by atoms with Crippen molar-refractivity contribution in [2.75, 3.05) is 12.3 Å². The van der Waals surface area contributed by atoms with Crippen molar-refractivity contribution in [3.05, 3.63) is 43.5 Å². The lowest BCUT2D eigenvalue weighted by atomic mass is 10.3. The van der Waals surface area contributed by atoms with Gasteiger partial charge in [-0.05, 0) is 18.2 Å². The Hall–Kier alpha value is -1.47. The molecule has 1 aromatic carbocycles. The van der Waals surface area contributed by atoms with Crippen molar-refractivity contribution >= 4 is 12.4 Å². The van der Waals surface area contributed by atoms with Crippen molar-refractivity contribution in [3.63, 3.8) is 0 Å². The van der Waals surface area contributed by atoms with E-state index in [4.69, 9.17) is 0 Å². The molecule has 0 atom stereocenters. The Labute approximate surface area is 95.1 Å². The molecule has 3 nitrogen and oxygen atoms in total. The normalized spacial score (nSPS) is 11.0. The number of benzene rings is 1. The Balaban J connectivity index is 3.30. The van der Waals surface area contributed by atoms with E-state index in [1.165, 1.54) is 18.2 Å². The third-order valence-corrected chi connectivity index (χ3v) is 5.18. The highest BCUT2D eigenvalue weighted by atomic mass is 31.2. The number of phenols is 2. The van der Waals surface area contributed by atoms with Crippen LogP contribution in [0.4, 0.5) is 0 Å². The minimum absolute atomic E-state index is 0.0128. The predicted molar refractivity (Wildman–Crippen MR) is 67.1 cm³/mol. The number of aromatic hydroxyl groups is 2. The molecule has 0 aromatic heterocycles. The van der Waals surface area contributed by atoms with Crippen LogP contribution in [-0.4, -0.2) is 22.5 Å². The van der Waals surface area contributed by atoms with Gasteiger partial charge in [0.15, 0.2) is 0 Å². The molecule has 0 bridgehead atoms. The Morgan fingerprint density at radius 2 is 1.75 bits per heavy atom. The molecule has 0 radical (unpaired) electrons. The van der Waals surface area contributed by atoms with Crippen molar-refractivity contribution in [1.29, 1.82) is 0 Å². The minimum atomic E-state index is -2.78. The Kier molecular flexibility index (Phi) is 3.97. The van der Waals surface area contributed by atoms with Crippen LogP contribution in [0.15, 0.2) is 43.5 Å². The monoisotopic (exact) mass is 238 g/mol. The van der Waals surface area contributed by atoms with Crippen LogP contribution in [0.25, 0.3) is 0 Å². The van der Waals surface area contributed by atoms with E-state index in [2.05, 4.69) is 13.2 Å². The summed E-state index contributed by atoms with van der Waals surface area (Å²) in [5.41, 5.74) is 0. The van der Waals surface area contributed by atoms with Gasteiger partial charge in [0.25, 0.3) is 0 Å². The zero-order chi connectivity index (χ0) is 12.2. The van der Waals surface area contributed by atoms with Crippen LogP contribution in [0.3, 0.4) is 0 Å². The summed E-state index contributed by atoms with van der Waals surface area (Å²) in [6.07, 6.45) is 3.65. The van der Waals surface area contributed by atoms with E-state index >= 15 is 0 Å². The van der Waals surface area contributed by atoms with Crippen LogP contribution in [0.2, 0.25) is 0 Å². The number of phenolic OH excluding ortho intramolecular Hbond substituents is 2. The molecule has 0 aliphatic rings. The fraction of sp³-hybridized carbons (Fsp3) is 0.167. The standard InChI is InChI=1S/C12H15O3P/c1-3-7-16(15,8-4-2)12-9-10(13)5-6-11(12)14/h3-6,9,13-14H,1-2,7-8H2. The van der Waals surface area contributed by atoms with E-state index in [-0.39, 0.29) is 29.1 Å². The van der Waals surface area contributed by atoms with Crippen LogP contribution in [-0.2, 0) is 4.57 Å². The van der Waals surface area contributed by atoms with E-state index in [1.54, 1.807) is 12.2 Å². The summed E-state index contributed by atoms with van der Waals surface area (Å²) >= 11 is 0. The van der Waals surface area contributed by atoms with Gasteiger partial charge in [-0.15, -0.1) is 13.2 Å². The third-order valence-electron chi connectivity index (χ3n) is 2.25.